The predicted molar refractivity (Wildman–Crippen MR) is 98.8 cm³/mol. The molecular formula is C18H20N6O. The van der Waals surface area contributed by atoms with Crippen LogP contribution in [0.3, 0.4) is 0 Å². The van der Waals surface area contributed by atoms with E-state index in [1.165, 1.54) is 0 Å². The van der Waals surface area contributed by atoms with E-state index in [0.29, 0.717) is 11.5 Å². The van der Waals surface area contributed by atoms with Crippen LogP contribution < -0.4 is 16.0 Å². The summed E-state index contributed by atoms with van der Waals surface area (Å²) in [6.07, 6.45) is 2.75. The van der Waals surface area contributed by atoms with Crippen molar-refractivity contribution in [3.63, 3.8) is 0 Å². The van der Waals surface area contributed by atoms with Crippen LogP contribution in [0.15, 0.2) is 54.7 Å². The maximum atomic E-state index is 12.0. The fraction of sp³-hybridized carbons (Fsp3) is 0.167. The van der Waals surface area contributed by atoms with E-state index < -0.39 is 0 Å². The molecule has 128 valence electrons. The summed E-state index contributed by atoms with van der Waals surface area (Å²) < 4.78 is 0. The van der Waals surface area contributed by atoms with E-state index in [4.69, 9.17) is 0 Å². The zero-order valence-corrected chi connectivity index (χ0v) is 13.9. The third kappa shape index (κ3) is 5.07. The number of aromatic amines is 1. The van der Waals surface area contributed by atoms with Gasteiger partial charge in [-0.1, -0.05) is 18.2 Å². The van der Waals surface area contributed by atoms with Gasteiger partial charge in [0.25, 0.3) is 0 Å². The quantitative estimate of drug-likeness (QED) is 0.555. The summed E-state index contributed by atoms with van der Waals surface area (Å²) >= 11 is 0. The second-order valence-corrected chi connectivity index (χ2v) is 5.54. The molecule has 3 aromatic rings. The Kier molecular flexibility index (Phi) is 5.26. The molecule has 0 aliphatic heterocycles. The average molecular weight is 336 g/mol. The summed E-state index contributed by atoms with van der Waals surface area (Å²) in [7, 11) is 0. The Labute approximate surface area is 145 Å². The van der Waals surface area contributed by atoms with Crippen molar-refractivity contribution in [2.24, 2.45) is 0 Å². The Morgan fingerprint density at radius 1 is 1.08 bits per heavy atom. The first-order valence-corrected chi connectivity index (χ1v) is 8.04. The van der Waals surface area contributed by atoms with Gasteiger partial charge in [0.05, 0.1) is 0 Å². The molecule has 0 spiro atoms. The lowest BCUT2D eigenvalue weighted by molar-refractivity contribution is 0.262. The van der Waals surface area contributed by atoms with Gasteiger partial charge in [0.1, 0.15) is 5.82 Å². The van der Waals surface area contributed by atoms with Crippen LogP contribution >= 0.6 is 0 Å². The molecule has 0 atom stereocenters. The lowest BCUT2D eigenvalue weighted by Gasteiger charge is -2.10. The summed E-state index contributed by atoms with van der Waals surface area (Å²) in [5, 5.41) is 8.64. The van der Waals surface area contributed by atoms with E-state index in [0.717, 1.165) is 24.4 Å². The van der Waals surface area contributed by atoms with Gasteiger partial charge < -0.3 is 15.6 Å². The monoisotopic (exact) mass is 336 g/mol. The molecule has 25 heavy (non-hydrogen) atoms. The molecule has 4 N–H and O–H groups in total. The predicted octanol–water partition coefficient (Wildman–Crippen LogP) is 3.41. The number of para-hydroxylation sites is 1. The van der Waals surface area contributed by atoms with Crippen molar-refractivity contribution in [1.29, 1.82) is 0 Å². The first kappa shape index (κ1) is 16.5. The minimum Gasteiger partial charge on any atom is -0.370 e. The Morgan fingerprint density at radius 2 is 1.92 bits per heavy atom. The van der Waals surface area contributed by atoms with E-state index in [1.807, 2.05) is 61.7 Å². The Balaban J connectivity index is 1.57. The average Bonchev–Trinajstić information content (AvgIpc) is 3.08. The number of rotatable bonds is 6. The van der Waals surface area contributed by atoms with Crippen LogP contribution in [0.4, 0.5) is 22.2 Å². The van der Waals surface area contributed by atoms with Crippen molar-refractivity contribution >= 4 is 23.5 Å². The molecule has 1 aromatic carbocycles. The molecule has 7 heteroatoms. The van der Waals surface area contributed by atoms with Crippen molar-refractivity contribution in [3.05, 3.63) is 66.1 Å². The Morgan fingerprint density at radius 3 is 2.68 bits per heavy atom. The van der Waals surface area contributed by atoms with Crippen molar-refractivity contribution in [2.75, 3.05) is 22.5 Å². The zero-order valence-electron chi connectivity index (χ0n) is 13.9. The molecule has 2 amide bonds. The van der Waals surface area contributed by atoms with Crippen LogP contribution in [0.1, 0.15) is 11.4 Å². The molecule has 7 nitrogen and oxygen atoms in total. The zero-order chi connectivity index (χ0) is 17.5. The fourth-order valence-corrected chi connectivity index (χ4v) is 2.35. The largest absolute Gasteiger partial charge is 0.370 e. The van der Waals surface area contributed by atoms with Crippen LogP contribution in [-0.2, 0) is 6.42 Å². The minimum absolute atomic E-state index is 0.260. The molecule has 2 aromatic heterocycles. The maximum Gasteiger partial charge on any atom is 0.326 e. The standard InChI is InChI=1S/C18H20N6O/c1-13-12-16(20-11-9-14-8-5-10-19-14)23-17(21-13)24-18(25)22-15-6-3-2-4-7-15/h2-8,10,12,19H,9,11H2,1H3,(H3,20,21,22,23,24,25). The van der Waals surface area contributed by atoms with Crippen molar-refractivity contribution in [2.45, 2.75) is 13.3 Å². The smallest absolute Gasteiger partial charge is 0.326 e. The molecule has 0 aliphatic carbocycles. The third-order valence-corrected chi connectivity index (χ3v) is 3.47. The summed E-state index contributed by atoms with van der Waals surface area (Å²) in [5.41, 5.74) is 2.63. The summed E-state index contributed by atoms with van der Waals surface area (Å²) in [5.74, 6) is 0.935. The number of H-pyrrole nitrogens is 1. The van der Waals surface area contributed by atoms with Gasteiger partial charge in [0.2, 0.25) is 5.95 Å². The van der Waals surface area contributed by atoms with Crippen LogP contribution in [0.25, 0.3) is 0 Å². The number of amides is 2. The lowest BCUT2D eigenvalue weighted by atomic mass is 10.3. The summed E-state index contributed by atoms with van der Waals surface area (Å²) in [6, 6.07) is 14.7. The van der Waals surface area contributed by atoms with Gasteiger partial charge in [-0.2, -0.15) is 4.98 Å². The number of hydrogen-bond donors (Lipinski definition) is 4. The molecule has 0 bridgehead atoms. The molecule has 0 saturated carbocycles. The number of urea groups is 1. The molecule has 0 fully saturated rings. The molecule has 3 rings (SSSR count). The van der Waals surface area contributed by atoms with E-state index >= 15 is 0 Å². The second-order valence-electron chi connectivity index (χ2n) is 5.54. The number of nitrogens with one attached hydrogen (secondary N) is 4. The number of nitrogens with zero attached hydrogens (tertiary/aromatic N) is 2. The molecular weight excluding hydrogens is 316 g/mol. The van der Waals surface area contributed by atoms with Gasteiger partial charge in [0, 0.05) is 42.3 Å². The second kappa shape index (κ2) is 7.96. The summed E-state index contributed by atoms with van der Waals surface area (Å²) in [6.45, 7) is 2.59. The first-order chi connectivity index (χ1) is 12.2. The van der Waals surface area contributed by atoms with Crippen LogP contribution in [-0.4, -0.2) is 27.5 Å². The number of anilines is 3. The van der Waals surface area contributed by atoms with Crippen molar-refractivity contribution < 1.29 is 4.79 Å². The van der Waals surface area contributed by atoms with E-state index in [1.54, 1.807) is 0 Å². The van der Waals surface area contributed by atoms with Crippen LogP contribution in [0, 0.1) is 6.92 Å². The van der Waals surface area contributed by atoms with E-state index in [9.17, 15) is 4.79 Å². The van der Waals surface area contributed by atoms with Gasteiger partial charge in [0.15, 0.2) is 0 Å². The topological polar surface area (TPSA) is 94.7 Å². The van der Waals surface area contributed by atoms with E-state index in [2.05, 4.69) is 30.9 Å². The SMILES string of the molecule is Cc1cc(NCCc2ccc[nH]2)nc(NC(=O)Nc2ccccc2)n1. The fourth-order valence-electron chi connectivity index (χ4n) is 2.35. The molecule has 0 unspecified atom stereocenters. The van der Waals surface area contributed by atoms with E-state index in [-0.39, 0.29) is 12.0 Å². The highest BCUT2D eigenvalue weighted by molar-refractivity contribution is 5.98. The van der Waals surface area contributed by atoms with Crippen LogP contribution in [0.5, 0.6) is 0 Å². The number of hydrogen-bond acceptors (Lipinski definition) is 4. The highest BCUT2D eigenvalue weighted by atomic mass is 16.2. The number of aryl methyl sites for hydroxylation is 1. The number of aromatic nitrogens is 3. The Hall–Kier alpha value is -3.35. The molecule has 0 aliphatic rings. The van der Waals surface area contributed by atoms with Gasteiger partial charge in [-0.3, -0.25) is 5.32 Å². The third-order valence-electron chi connectivity index (χ3n) is 3.47. The van der Waals surface area contributed by atoms with Crippen molar-refractivity contribution in [1.82, 2.24) is 15.0 Å². The molecule has 0 saturated heterocycles. The van der Waals surface area contributed by atoms with Gasteiger partial charge >= 0.3 is 6.03 Å². The van der Waals surface area contributed by atoms with Gasteiger partial charge in [-0.05, 0) is 31.2 Å². The number of carbonyl (C=O) groups is 1. The first-order valence-electron chi connectivity index (χ1n) is 8.04. The maximum absolute atomic E-state index is 12.0. The Bertz CT molecular complexity index is 817. The lowest BCUT2D eigenvalue weighted by Crippen LogP contribution is -2.21. The normalized spacial score (nSPS) is 10.3. The molecule has 0 radical (unpaired) electrons. The number of benzene rings is 1. The van der Waals surface area contributed by atoms with Gasteiger partial charge in [-0.15, -0.1) is 0 Å². The van der Waals surface area contributed by atoms with Gasteiger partial charge in [-0.25, -0.2) is 9.78 Å². The van der Waals surface area contributed by atoms with Crippen LogP contribution in [0.2, 0.25) is 0 Å². The highest BCUT2D eigenvalue weighted by Crippen LogP contribution is 2.11. The minimum atomic E-state index is -0.380. The van der Waals surface area contributed by atoms with Crippen molar-refractivity contribution in [3.8, 4) is 0 Å². The summed E-state index contributed by atoms with van der Waals surface area (Å²) in [4.78, 5) is 23.8. The highest BCUT2D eigenvalue weighted by Gasteiger charge is 2.07. The number of carbonyl (C=O) groups excluding carboxylic acids is 1. The molecule has 2 heterocycles.